The summed E-state index contributed by atoms with van der Waals surface area (Å²) in [4.78, 5) is 23.0. The summed E-state index contributed by atoms with van der Waals surface area (Å²) in [6, 6.07) is 0. The molecule has 0 aromatic carbocycles. The predicted molar refractivity (Wildman–Crippen MR) is 108 cm³/mol. The second kappa shape index (κ2) is 17.1. The van der Waals surface area contributed by atoms with Gasteiger partial charge in [0, 0.05) is 38.0 Å². The molecule has 1 amide bonds. The Balaban J connectivity index is 0.00000153. The van der Waals surface area contributed by atoms with E-state index in [-0.39, 0.29) is 23.7 Å². The minimum Gasteiger partial charge on any atom is -0.394 e. The zero-order valence-electron chi connectivity index (χ0n) is 17.8. The van der Waals surface area contributed by atoms with Crippen molar-refractivity contribution in [2.45, 2.75) is 91.3 Å². The summed E-state index contributed by atoms with van der Waals surface area (Å²) < 4.78 is 11.1. The summed E-state index contributed by atoms with van der Waals surface area (Å²) in [7, 11) is 0. The van der Waals surface area contributed by atoms with E-state index < -0.39 is 0 Å². The van der Waals surface area contributed by atoms with Crippen molar-refractivity contribution >= 4 is 11.7 Å². The first-order valence-corrected chi connectivity index (χ1v) is 10.5. The van der Waals surface area contributed by atoms with E-state index >= 15 is 0 Å². The Morgan fingerprint density at radius 3 is 2.22 bits per heavy atom. The lowest BCUT2D eigenvalue weighted by Gasteiger charge is -2.21. The lowest BCUT2D eigenvalue weighted by molar-refractivity contribution is -0.124. The Kier molecular flexibility index (Phi) is 16.5. The number of ether oxygens (including phenoxy) is 2. The molecule has 160 valence electrons. The average molecular weight is 388 g/mol. The van der Waals surface area contributed by atoms with Gasteiger partial charge < -0.3 is 19.9 Å². The highest BCUT2D eigenvalue weighted by Crippen LogP contribution is 2.20. The molecule has 0 radical (unpaired) electrons. The van der Waals surface area contributed by atoms with E-state index in [1.54, 1.807) is 13.8 Å². The van der Waals surface area contributed by atoms with Gasteiger partial charge in [-0.1, -0.05) is 33.1 Å². The van der Waals surface area contributed by atoms with Gasteiger partial charge in [-0.3, -0.25) is 9.59 Å². The van der Waals surface area contributed by atoms with Gasteiger partial charge in [-0.25, -0.2) is 0 Å². The van der Waals surface area contributed by atoms with E-state index in [4.69, 9.17) is 14.6 Å². The smallest absolute Gasteiger partial charge is 0.220 e. The first-order valence-electron chi connectivity index (χ1n) is 10.5. The molecule has 1 fully saturated rings. The van der Waals surface area contributed by atoms with Crippen LogP contribution in [0.4, 0.5) is 0 Å². The van der Waals surface area contributed by atoms with Gasteiger partial charge in [0.05, 0.1) is 19.3 Å². The zero-order valence-corrected chi connectivity index (χ0v) is 17.8. The maximum Gasteiger partial charge on any atom is 0.220 e. The number of carbonyl (C=O) groups is 2. The second-order valence-corrected chi connectivity index (χ2v) is 7.66. The van der Waals surface area contributed by atoms with Crippen molar-refractivity contribution in [3.8, 4) is 0 Å². The number of hydrogen-bond acceptors (Lipinski definition) is 5. The normalized spacial score (nSPS) is 14.8. The Morgan fingerprint density at radius 2 is 1.63 bits per heavy atom. The van der Waals surface area contributed by atoms with Gasteiger partial charge in [-0.05, 0) is 33.1 Å². The van der Waals surface area contributed by atoms with E-state index in [0.717, 1.165) is 6.42 Å². The van der Waals surface area contributed by atoms with E-state index in [1.165, 1.54) is 32.1 Å². The van der Waals surface area contributed by atoms with Crippen LogP contribution in [-0.2, 0) is 19.1 Å². The van der Waals surface area contributed by atoms with Crippen LogP contribution >= 0.6 is 0 Å². The Labute approximate surface area is 165 Å². The SMILES string of the molecule is CC(C)C(=O)CCOCCNC(=O)CCCOC1CCCCC1.CC(C)O. The minimum absolute atomic E-state index is 0.0408. The molecule has 6 nitrogen and oxygen atoms in total. The number of ketones is 1. The molecule has 1 aliphatic rings. The topological polar surface area (TPSA) is 84.9 Å². The van der Waals surface area contributed by atoms with Crippen LogP contribution in [0.15, 0.2) is 0 Å². The molecular weight excluding hydrogens is 346 g/mol. The van der Waals surface area contributed by atoms with Crippen molar-refractivity contribution < 1.29 is 24.2 Å². The van der Waals surface area contributed by atoms with Crippen LogP contribution in [0.25, 0.3) is 0 Å². The number of rotatable bonds is 12. The van der Waals surface area contributed by atoms with Crippen LogP contribution in [0.3, 0.4) is 0 Å². The number of aliphatic hydroxyl groups excluding tert-OH is 1. The first kappa shape index (κ1) is 26.0. The lowest BCUT2D eigenvalue weighted by Crippen LogP contribution is -2.27. The Hall–Kier alpha value is -0.980. The second-order valence-electron chi connectivity index (χ2n) is 7.66. The van der Waals surface area contributed by atoms with Crippen LogP contribution < -0.4 is 5.32 Å². The largest absolute Gasteiger partial charge is 0.394 e. The summed E-state index contributed by atoms with van der Waals surface area (Å²) in [5, 5.41) is 10.9. The van der Waals surface area contributed by atoms with E-state index in [1.807, 2.05) is 13.8 Å². The van der Waals surface area contributed by atoms with E-state index in [9.17, 15) is 9.59 Å². The van der Waals surface area contributed by atoms with Crippen molar-refractivity contribution in [1.29, 1.82) is 0 Å². The fourth-order valence-corrected chi connectivity index (χ4v) is 2.63. The van der Waals surface area contributed by atoms with Crippen molar-refractivity contribution in [3.63, 3.8) is 0 Å². The molecule has 2 N–H and O–H groups in total. The Morgan fingerprint density at radius 1 is 1.00 bits per heavy atom. The molecule has 0 aromatic heterocycles. The number of amides is 1. The van der Waals surface area contributed by atoms with Gasteiger partial charge >= 0.3 is 0 Å². The number of nitrogens with one attached hydrogen (secondary N) is 1. The predicted octanol–water partition coefficient (Wildman–Crippen LogP) is 3.25. The molecular formula is C21H41NO5. The highest BCUT2D eigenvalue weighted by atomic mass is 16.5. The number of carbonyl (C=O) groups excluding carboxylic acids is 2. The molecule has 1 rings (SSSR count). The zero-order chi connectivity index (χ0) is 20.5. The maximum atomic E-state index is 11.6. The van der Waals surface area contributed by atoms with Gasteiger partial charge in [0.25, 0.3) is 0 Å². The fraction of sp³-hybridized carbons (Fsp3) is 0.905. The number of Topliss-reactive ketones (excluding diaryl/α,β-unsaturated/α-hetero) is 1. The van der Waals surface area contributed by atoms with Crippen LogP contribution in [0.5, 0.6) is 0 Å². The maximum absolute atomic E-state index is 11.6. The van der Waals surface area contributed by atoms with Crippen molar-refractivity contribution in [1.82, 2.24) is 5.32 Å². The van der Waals surface area contributed by atoms with Gasteiger partial charge in [-0.15, -0.1) is 0 Å². The van der Waals surface area contributed by atoms with Gasteiger partial charge in [0.15, 0.2) is 0 Å². The average Bonchev–Trinajstić information content (AvgIpc) is 2.61. The summed E-state index contributed by atoms with van der Waals surface area (Å²) in [6.45, 7) is 9.28. The van der Waals surface area contributed by atoms with Crippen molar-refractivity contribution in [2.75, 3.05) is 26.4 Å². The summed E-state index contributed by atoms with van der Waals surface area (Å²) >= 11 is 0. The fourth-order valence-electron chi connectivity index (χ4n) is 2.63. The van der Waals surface area contributed by atoms with Crippen molar-refractivity contribution in [3.05, 3.63) is 0 Å². The van der Waals surface area contributed by atoms with Crippen LogP contribution in [0.2, 0.25) is 0 Å². The van der Waals surface area contributed by atoms with Crippen LogP contribution in [0.1, 0.15) is 79.1 Å². The van der Waals surface area contributed by atoms with Gasteiger partial charge in [-0.2, -0.15) is 0 Å². The summed E-state index contributed by atoms with van der Waals surface area (Å²) in [5.74, 6) is 0.320. The number of hydrogen-bond donors (Lipinski definition) is 2. The monoisotopic (exact) mass is 387 g/mol. The molecule has 0 heterocycles. The molecule has 0 saturated heterocycles. The van der Waals surface area contributed by atoms with Crippen LogP contribution in [-0.4, -0.2) is 55.4 Å². The molecule has 27 heavy (non-hydrogen) atoms. The first-order chi connectivity index (χ1) is 12.8. The molecule has 0 spiro atoms. The third-order valence-corrected chi connectivity index (χ3v) is 4.16. The molecule has 6 heteroatoms. The Bertz CT molecular complexity index is 376. The highest BCUT2D eigenvalue weighted by molar-refractivity contribution is 5.80. The molecule has 1 aliphatic carbocycles. The molecule has 0 unspecified atom stereocenters. The highest BCUT2D eigenvalue weighted by Gasteiger charge is 2.13. The molecule has 1 saturated carbocycles. The standard InChI is InChI=1S/C18H33NO4.C3H8O/c1-15(2)17(20)10-13-22-14-11-19-18(21)9-6-12-23-16-7-4-3-5-8-16;1-3(2)4/h15-16H,3-14H2,1-2H3,(H,19,21);3-4H,1-2H3. The molecule has 0 aliphatic heterocycles. The molecule has 0 atom stereocenters. The minimum atomic E-state index is -0.167. The van der Waals surface area contributed by atoms with Gasteiger partial charge in [0.2, 0.25) is 5.91 Å². The molecule has 0 bridgehead atoms. The summed E-state index contributed by atoms with van der Waals surface area (Å²) in [6.07, 6.45) is 8.17. The van der Waals surface area contributed by atoms with Gasteiger partial charge in [0.1, 0.15) is 5.78 Å². The summed E-state index contributed by atoms with van der Waals surface area (Å²) in [5.41, 5.74) is 0. The molecule has 0 aromatic rings. The van der Waals surface area contributed by atoms with E-state index in [0.29, 0.717) is 45.3 Å². The number of aliphatic hydroxyl groups is 1. The third kappa shape index (κ3) is 18.2. The third-order valence-electron chi connectivity index (χ3n) is 4.16. The quantitative estimate of drug-likeness (QED) is 0.502. The van der Waals surface area contributed by atoms with Crippen LogP contribution in [0, 0.1) is 5.92 Å². The van der Waals surface area contributed by atoms with Crippen molar-refractivity contribution in [2.24, 2.45) is 5.92 Å². The van der Waals surface area contributed by atoms with E-state index in [2.05, 4.69) is 5.32 Å². The lowest BCUT2D eigenvalue weighted by atomic mass is 9.98.